The van der Waals surface area contributed by atoms with E-state index in [1.807, 2.05) is 22.2 Å². The first-order valence-electron chi connectivity index (χ1n) is 5.60. The molecule has 0 amide bonds. The van der Waals surface area contributed by atoms with Gasteiger partial charge >= 0.3 is 5.97 Å². The second-order valence-corrected chi connectivity index (χ2v) is 5.09. The van der Waals surface area contributed by atoms with Gasteiger partial charge in [0.2, 0.25) is 0 Å². The fourth-order valence-electron chi connectivity index (χ4n) is 2.36. The van der Waals surface area contributed by atoms with Gasteiger partial charge in [0.05, 0.1) is 12.1 Å². The molecule has 0 aliphatic carbocycles. The molecule has 0 saturated carbocycles. The lowest BCUT2D eigenvalue weighted by Gasteiger charge is -1.99. The zero-order valence-corrected chi connectivity index (χ0v) is 10.0. The maximum Gasteiger partial charge on any atom is 0.309 e. The average molecular weight is 248 g/mol. The molecule has 1 aliphatic rings. The van der Waals surface area contributed by atoms with E-state index in [1.165, 1.54) is 5.69 Å². The van der Waals surface area contributed by atoms with Crippen molar-refractivity contribution in [2.24, 2.45) is 0 Å². The van der Waals surface area contributed by atoms with Crippen LogP contribution in [0.4, 0.5) is 0 Å². The Kier molecular flexibility index (Phi) is 2.48. The molecule has 3 rings (SSSR count). The van der Waals surface area contributed by atoms with Crippen molar-refractivity contribution in [3.8, 4) is 10.4 Å². The summed E-state index contributed by atoms with van der Waals surface area (Å²) < 4.78 is 1.97. The molecule has 0 atom stereocenters. The van der Waals surface area contributed by atoms with Crippen LogP contribution in [-0.4, -0.2) is 20.9 Å². The highest BCUT2D eigenvalue weighted by atomic mass is 32.1. The number of aliphatic carboxylic acids is 1. The molecule has 0 fully saturated rings. The van der Waals surface area contributed by atoms with E-state index in [2.05, 4.69) is 5.10 Å². The standard InChI is InChI=1S/C12H12N2O2S/c15-11(16)7-8-12(10-4-2-6-17-10)9-3-1-5-14(9)13-8/h2,4,6H,1,3,5,7H2,(H,15,16). The molecule has 88 valence electrons. The minimum absolute atomic E-state index is 0.00718. The predicted molar refractivity (Wildman–Crippen MR) is 65.2 cm³/mol. The Morgan fingerprint density at radius 3 is 3.18 bits per heavy atom. The molecule has 0 spiro atoms. The number of aromatic nitrogens is 2. The number of hydrogen-bond acceptors (Lipinski definition) is 3. The zero-order valence-electron chi connectivity index (χ0n) is 9.22. The first-order chi connectivity index (χ1) is 8.25. The van der Waals surface area contributed by atoms with Gasteiger partial charge in [-0.05, 0) is 24.3 Å². The van der Waals surface area contributed by atoms with Crippen molar-refractivity contribution in [3.63, 3.8) is 0 Å². The third-order valence-electron chi connectivity index (χ3n) is 3.00. The van der Waals surface area contributed by atoms with Crippen molar-refractivity contribution in [1.82, 2.24) is 9.78 Å². The Labute approximate surface area is 103 Å². The minimum atomic E-state index is -0.820. The van der Waals surface area contributed by atoms with Crippen molar-refractivity contribution in [3.05, 3.63) is 28.9 Å². The highest BCUT2D eigenvalue weighted by Gasteiger charge is 2.24. The van der Waals surface area contributed by atoms with Gasteiger partial charge in [-0.15, -0.1) is 11.3 Å². The Morgan fingerprint density at radius 1 is 1.59 bits per heavy atom. The van der Waals surface area contributed by atoms with Crippen LogP contribution in [0.1, 0.15) is 17.8 Å². The summed E-state index contributed by atoms with van der Waals surface area (Å²) in [6.07, 6.45) is 2.11. The average Bonchev–Trinajstić information content (AvgIpc) is 2.90. The molecule has 0 radical (unpaired) electrons. The summed E-state index contributed by atoms with van der Waals surface area (Å²) in [7, 11) is 0. The van der Waals surface area contributed by atoms with Crippen LogP contribution in [0, 0.1) is 0 Å². The smallest absolute Gasteiger partial charge is 0.309 e. The summed E-state index contributed by atoms with van der Waals surface area (Å²) in [6.45, 7) is 0.910. The number of fused-ring (bicyclic) bond motifs is 1. The van der Waals surface area contributed by atoms with E-state index in [4.69, 9.17) is 5.11 Å². The fraction of sp³-hybridized carbons (Fsp3) is 0.333. The van der Waals surface area contributed by atoms with Crippen LogP contribution in [0.2, 0.25) is 0 Å². The van der Waals surface area contributed by atoms with Gasteiger partial charge in [0.15, 0.2) is 0 Å². The van der Waals surface area contributed by atoms with Gasteiger partial charge in [0.1, 0.15) is 0 Å². The number of aryl methyl sites for hydroxylation is 1. The van der Waals surface area contributed by atoms with Crippen molar-refractivity contribution in [2.75, 3.05) is 0 Å². The van der Waals surface area contributed by atoms with Gasteiger partial charge in [0.25, 0.3) is 0 Å². The van der Waals surface area contributed by atoms with Crippen molar-refractivity contribution in [1.29, 1.82) is 0 Å². The van der Waals surface area contributed by atoms with Crippen LogP contribution < -0.4 is 0 Å². The molecular weight excluding hydrogens is 236 g/mol. The Morgan fingerprint density at radius 2 is 2.47 bits per heavy atom. The van der Waals surface area contributed by atoms with E-state index < -0.39 is 5.97 Å². The molecule has 5 heteroatoms. The SMILES string of the molecule is O=C(O)Cc1nn2c(c1-c1cccs1)CCC2. The fourth-order valence-corrected chi connectivity index (χ4v) is 3.17. The highest BCUT2D eigenvalue weighted by Crippen LogP contribution is 2.34. The molecule has 0 saturated heterocycles. The summed E-state index contributed by atoms with van der Waals surface area (Å²) >= 11 is 1.64. The molecule has 2 aromatic heterocycles. The van der Waals surface area contributed by atoms with Gasteiger partial charge < -0.3 is 5.11 Å². The summed E-state index contributed by atoms with van der Waals surface area (Å²) in [4.78, 5) is 12.0. The van der Waals surface area contributed by atoms with Gasteiger partial charge in [-0.2, -0.15) is 5.10 Å². The second-order valence-electron chi connectivity index (χ2n) is 4.14. The van der Waals surface area contributed by atoms with Gasteiger partial charge in [0, 0.05) is 22.7 Å². The predicted octanol–water partition coefficient (Wildman–Crippen LogP) is 2.18. The van der Waals surface area contributed by atoms with Crippen LogP contribution in [-0.2, 0) is 24.2 Å². The van der Waals surface area contributed by atoms with Crippen molar-refractivity contribution < 1.29 is 9.90 Å². The lowest BCUT2D eigenvalue weighted by Crippen LogP contribution is -2.03. The van der Waals surface area contributed by atoms with E-state index in [0.717, 1.165) is 29.8 Å². The maximum absolute atomic E-state index is 10.9. The van der Waals surface area contributed by atoms with E-state index >= 15 is 0 Å². The molecule has 1 aliphatic heterocycles. The number of thiophene rings is 1. The minimum Gasteiger partial charge on any atom is -0.481 e. The number of carboxylic acids is 1. The normalized spacial score (nSPS) is 13.9. The molecule has 1 N–H and O–H groups in total. The number of rotatable bonds is 3. The van der Waals surface area contributed by atoms with Crippen LogP contribution >= 0.6 is 11.3 Å². The molecular formula is C12H12N2O2S. The van der Waals surface area contributed by atoms with Crippen LogP contribution in [0.25, 0.3) is 10.4 Å². The topological polar surface area (TPSA) is 55.1 Å². The molecule has 4 nitrogen and oxygen atoms in total. The third-order valence-corrected chi connectivity index (χ3v) is 3.89. The van der Waals surface area contributed by atoms with E-state index in [1.54, 1.807) is 11.3 Å². The zero-order chi connectivity index (χ0) is 11.8. The van der Waals surface area contributed by atoms with E-state index in [0.29, 0.717) is 5.69 Å². The summed E-state index contributed by atoms with van der Waals surface area (Å²) in [5.74, 6) is -0.820. The van der Waals surface area contributed by atoms with Crippen LogP contribution in [0.5, 0.6) is 0 Å². The largest absolute Gasteiger partial charge is 0.481 e. The van der Waals surface area contributed by atoms with Crippen LogP contribution in [0.3, 0.4) is 0 Å². The Hall–Kier alpha value is -1.62. The summed E-state index contributed by atoms with van der Waals surface area (Å²) in [5, 5.41) is 15.4. The number of carbonyl (C=O) groups is 1. The molecule has 0 aromatic carbocycles. The monoisotopic (exact) mass is 248 g/mol. The molecule has 2 aromatic rings. The highest BCUT2D eigenvalue weighted by molar-refractivity contribution is 7.13. The quantitative estimate of drug-likeness (QED) is 0.905. The summed E-state index contributed by atoms with van der Waals surface area (Å²) in [6, 6.07) is 4.02. The molecule has 0 bridgehead atoms. The summed E-state index contributed by atoms with van der Waals surface area (Å²) in [5.41, 5.74) is 2.96. The van der Waals surface area contributed by atoms with E-state index in [-0.39, 0.29) is 6.42 Å². The lowest BCUT2D eigenvalue weighted by molar-refractivity contribution is -0.136. The van der Waals surface area contributed by atoms with E-state index in [9.17, 15) is 4.79 Å². The van der Waals surface area contributed by atoms with Crippen molar-refractivity contribution in [2.45, 2.75) is 25.8 Å². The van der Waals surface area contributed by atoms with Crippen molar-refractivity contribution >= 4 is 17.3 Å². The second kappa shape index (κ2) is 4.00. The number of nitrogens with zero attached hydrogens (tertiary/aromatic N) is 2. The number of hydrogen-bond donors (Lipinski definition) is 1. The molecule has 17 heavy (non-hydrogen) atoms. The Bertz CT molecular complexity index is 557. The third kappa shape index (κ3) is 1.76. The van der Waals surface area contributed by atoms with Gasteiger partial charge in [-0.25, -0.2) is 0 Å². The maximum atomic E-state index is 10.9. The van der Waals surface area contributed by atoms with Crippen LogP contribution in [0.15, 0.2) is 17.5 Å². The molecule has 0 unspecified atom stereocenters. The van der Waals surface area contributed by atoms with Gasteiger partial charge in [-0.3, -0.25) is 9.48 Å². The number of carboxylic acid groups (broad SMARTS) is 1. The van der Waals surface area contributed by atoms with Gasteiger partial charge in [-0.1, -0.05) is 6.07 Å². The molecule has 3 heterocycles. The first kappa shape index (κ1) is 10.5. The lowest BCUT2D eigenvalue weighted by atomic mass is 10.1. The Balaban J connectivity index is 2.13. The first-order valence-corrected chi connectivity index (χ1v) is 6.48.